The average Bonchev–Trinajstić information content (AvgIpc) is 2.01. The molecule has 2 amide bonds. The van der Waals surface area contributed by atoms with Crippen molar-refractivity contribution in [3.63, 3.8) is 0 Å². The van der Waals surface area contributed by atoms with Crippen molar-refractivity contribution >= 4 is 51.5 Å². The first kappa shape index (κ1) is 20.1. The number of nitrogens with two attached hydrogens (primary N) is 2. The first-order valence-corrected chi connectivity index (χ1v) is 4.95. The summed E-state index contributed by atoms with van der Waals surface area (Å²) in [5.41, 5.74) is 9.12. The number of amides is 2. The summed E-state index contributed by atoms with van der Waals surface area (Å²) in [4.78, 5) is 19.4. The maximum absolute atomic E-state index is 9.89. The molecule has 83 valence electrons. The van der Waals surface area contributed by atoms with Crippen LogP contribution in [0.5, 0.6) is 0 Å². The molecule has 0 aromatic heterocycles. The third-order valence-electron chi connectivity index (χ3n) is 0.808. The minimum Gasteiger partial charge on any atom is -0.370 e. The van der Waals surface area contributed by atoms with Gasteiger partial charge < -0.3 is 11.5 Å². The van der Waals surface area contributed by atoms with Gasteiger partial charge in [0.15, 0.2) is 0 Å². The quantitative estimate of drug-likeness (QED) is 0.300. The molecule has 5 N–H and O–H groups in total. The van der Waals surface area contributed by atoms with Gasteiger partial charge in [0.25, 0.3) is 10.1 Å². The molecular weight excluding hydrogens is 235 g/mol. The molecule has 0 aliphatic carbocycles. The van der Waals surface area contributed by atoms with Gasteiger partial charge in [-0.25, -0.2) is 0 Å². The Morgan fingerprint density at radius 3 is 1.73 bits per heavy atom. The monoisotopic (exact) mass is 247 g/mol. The van der Waals surface area contributed by atoms with E-state index < -0.39 is 27.7 Å². The predicted molar refractivity (Wildman–Crippen MR) is 55.4 cm³/mol. The fourth-order valence-corrected chi connectivity index (χ4v) is 0.689. The zero-order valence-electron chi connectivity index (χ0n) is 8.34. The summed E-state index contributed by atoms with van der Waals surface area (Å²) >= 11 is 0. The van der Waals surface area contributed by atoms with Gasteiger partial charge >= 0.3 is 0 Å². The third kappa shape index (κ3) is 31.7. The van der Waals surface area contributed by atoms with E-state index in [-0.39, 0.29) is 36.0 Å². The fraction of sp³-hybridized carbons (Fsp3) is 0.333. The van der Waals surface area contributed by atoms with Crippen LogP contribution in [0.25, 0.3) is 0 Å². The minimum atomic E-state index is -4.02. The van der Waals surface area contributed by atoms with Crippen LogP contribution in [-0.2, 0) is 19.7 Å². The van der Waals surface area contributed by atoms with E-state index in [0.717, 1.165) is 6.08 Å². The smallest absolute Gasteiger partial charge is 0.265 e. The van der Waals surface area contributed by atoms with Crippen LogP contribution in [0.4, 0.5) is 0 Å². The van der Waals surface area contributed by atoms with Crippen molar-refractivity contribution in [2.24, 2.45) is 11.5 Å². The van der Waals surface area contributed by atoms with E-state index in [4.69, 9.17) is 4.55 Å². The number of carbonyl (C=O) groups is 2. The van der Waals surface area contributed by atoms with Gasteiger partial charge in [0.2, 0.25) is 11.8 Å². The molecule has 0 atom stereocenters. The van der Waals surface area contributed by atoms with Crippen LogP contribution in [0, 0.1) is 0 Å². The predicted octanol–water partition coefficient (Wildman–Crippen LogP) is -1.97. The van der Waals surface area contributed by atoms with Crippen LogP contribution in [-0.4, -0.2) is 60.1 Å². The molecule has 7 nitrogen and oxygen atoms in total. The summed E-state index contributed by atoms with van der Waals surface area (Å²) in [6.45, 7) is 3.09. The van der Waals surface area contributed by atoms with Gasteiger partial charge in [-0.3, -0.25) is 14.1 Å². The van der Waals surface area contributed by atoms with Gasteiger partial charge in [0.05, 0.1) is 5.75 Å². The van der Waals surface area contributed by atoms with Crippen molar-refractivity contribution in [1.29, 1.82) is 0 Å². The molecule has 0 heterocycles. The van der Waals surface area contributed by atoms with E-state index in [0.29, 0.717) is 0 Å². The molecule has 0 aromatic carbocycles. The van der Waals surface area contributed by atoms with Gasteiger partial charge in [-0.05, 0) is 6.08 Å². The number of primary amides is 2. The second-order valence-electron chi connectivity index (χ2n) is 2.11. The Kier molecular flexibility index (Phi) is 13.5. The number of rotatable bonds is 4. The van der Waals surface area contributed by atoms with Crippen LogP contribution < -0.4 is 11.5 Å². The Balaban J connectivity index is -0.000000208. The second kappa shape index (κ2) is 10.1. The molecule has 0 saturated carbocycles. The number of hydrogen-bond donors (Lipinski definition) is 3. The minimum absolute atomic E-state index is 0. The van der Waals surface area contributed by atoms with E-state index in [1.807, 2.05) is 0 Å². The molecule has 0 unspecified atom stereocenters. The summed E-state index contributed by atoms with van der Waals surface area (Å²) in [5, 5.41) is 0. The molecule has 0 aliphatic heterocycles. The zero-order chi connectivity index (χ0) is 11.8. The van der Waals surface area contributed by atoms with Crippen molar-refractivity contribution in [2.75, 3.05) is 5.75 Å². The zero-order valence-corrected chi connectivity index (χ0v) is 11.2. The van der Waals surface area contributed by atoms with Crippen LogP contribution in [0.1, 0.15) is 6.42 Å². The topological polar surface area (TPSA) is 141 Å². The second-order valence-corrected chi connectivity index (χ2v) is 3.68. The molecule has 0 aliphatic rings. The summed E-state index contributed by atoms with van der Waals surface area (Å²) < 4.78 is 27.8. The third-order valence-corrected chi connectivity index (χ3v) is 1.53. The Bertz CT molecular complexity index is 313. The average molecular weight is 247 g/mol. The van der Waals surface area contributed by atoms with E-state index in [1.54, 1.807) is 0 Å². The van der Waals surface area contributed by atoms with Gasteiger partial charge in [-0.1, -0.05) is 6.58 Å². The number of carbonyl (C=O) groups excluding carboxylic acids is 2. The van der Waals surface area contributed by atoms with E-state index in [2.05, 4.69) is 18.0 Å². The molecule has 0 rings (SSSR count). The normalized spacial score (nSPS) is 8.87. The molecule has 0 saturated heterocycles. The Morgan fingerprint density at radius 1 is 1.33 bits per heavy atom. The van der Waals surface area contributed by atoms with Crippen molar-refractivity contribution in [3.8, 4) is 0 Å². The first-order valence-electron chi connectivity index (χ1n) is 3.34. The largest absolute Gasteiger partial charge is 0.370 e. The molecule has 9 heteroatoms. The molecule has 1 radical (unpaired) electrons. The van der Waals surface area contributed by atoms with Crippen LogP contribution in [0.15, 0.2) is 12.7 Å². The van der Waals surface area contributed by atoms with Gasteiger partial charge in [-0.15, -0.1) is 0 Å². The van der Waals surface area contributed by atoms with Crippen molar-refractivity contribution in [3.05, 3.63) is 12.7 Å². The van der Waals surface area contributed by atoms with Gasteiger partial charge in [0, 0.05) is 36.0 Å². The standard InChI is InChI=1S/C3H7NO4S.C3H5NO.Na/c4-3(5)1-2-9(6,7)8;1-2-3(4)5;/h1-2H2,(H2,4,5)(H,6,7,8);2H,1H2,(H2,4,5);. The Morgan fingerprint density at radius 2 is 1.67 bits per heavy atom. The molecule has 0 aromatic rings. The van der Waals surface area contributed by atoms with Crippen LogP contribution in [0.2, 0.25) is 0 Å². The Hall–Kier alpha value is -0.410. The summed E-state index contributed by atoms with van der Waals surface area (Å²) in [6.07, 6.45) is 0.721. The van der Waals surface area contributed by atoms with E-state index >= 15 is 0 Å². The van der Waals surface area contributed by atoms with Crippen LogP contribution in [0.3, 0.4) is 0 Å². The summed E-state index contributed by atoms with van der Waals surface area (Å²) in [5.74, 6) is -1.82. The SMILES string of the molecule is C=CC(N)=O.NC(=O)CCS(=O)(=O)O.[Na]. The van der Waals surface area contributed by atoms with Crippen molar-refractivity contribution in [1.82, 2.24) is 0 Å². The first-order chi connectivity index (χ1) is 6.19. The molecular formula is C6H12N2NaO5S. The van der Waals surface area contributed by atoms with Gasteiger partial charge in [-0.2, -0.15) is 8.42 Å². The molecule has 0 fully saturated rings. The van der Waals surface area contributed by atoms with Crippen molar-refractivity contribution in [2.45, 2.75) is 6.42 Å². The van der Waals surface area contributed by atoms with Crippen LogP contribution >= 0.6 is 0 Å². The maximum Gasteiger partial charge on any atom is 0.265 e. The Labute approximate surface area is 110 Å². The van der Waals surface area contributed by atoms with E-state index in [1.165, 1.54) is 0 Å². The molecule has 15 heavy (non-hydrogen) atoms. The maximum atomic E-state index is 9.89. The van der Waals surface area contributed by atoms with E-state index in [9.17, 15) is 18.0 Å². The van der Waals surface area contributed by atoms with Gasteiger partial charge in [0.1, 0.15) is 0 Å². The molecule has 0 spiro atoms. The summed E-state index contributed by atoms with van der Waals surface area (Å²) in [7, 11) is -4.02. The summed E-state index contributed by atoms with van der Waals surface area (Å²) in [6, 6.07) is 0. The number of hydrogen-bond acceptors (Lipinski definition) is 4. The fourth-order valence-electron chi connectivity index (χ4n) is 0.230. The molecule has 0 bridgehead atoms. The van der Waals surface area contributed by atoms with Crippen molar-refractivity contribution < 1.29 is 22.6 Å².